The van der Waals surface area contributed by atoms with E-state index in [4.69, 9.17) is 25.5 Å². The number of fused-ring (bicyclic) bond motifs is 1. The van der Waals surface area contributed by atoms with Crippen molar-refractivity contribution in [2.45, 2.75) is 71.0 Å². The third kappa shape index (κ3) is 8.90. The summed E-state index contributed by atoms with van der Waals surface area (Å²) in [5.41, 5.74) is -2.23. The number of aromatic carboxylic acids is 1. The van der Waals surface area contributed by atoms with Gasteiger partial charge in [0, 0.05) is 11.8 Å². The lowest BCUT2D eigenvalue weighted by Gasteiger charge is -2.10. The molecule has 212 valence electrons. The summed E-state index contributed by atoms with van der Waals surface area (Å²) in [4.78, 5) is 14.5. The molecule has 4 rings (SSSR count). The smallest absolute Gasteiger partial charge is 0.420 e. The molecule has 0 saturated heterocycles. The summed E-state index contributed by atoms with van der Waals surface area (Å²) in [5, 5.41) is 11.9. The summed E-state index contributed by atoms with van der Waals surface area (Å²) < 4.78 is 50.8. The number of rotatable bonds is 13. The number of carboxylic acid groups (broad SMARTS) is 1. The van der Waals surface area contributed by atoms with E-state index in [0.29, 0.717) is 0 Å². The van der Waals surface area contributed by atoms with Gasteiger partial charge in [-0.3, -0.25) is 4.40 Å². The number of carboxylic acids is 1. The summed E-state index contributed by atoms with van der Waals surface area (Å²) in [6.07, 6.45) is 10.6. The molecule has 39 heavy (non-hydrogen) atoms. The average Bonchev–Trinajstić information content (AvgIpc) is 3.67. The Balaban J connectivity index is 0.000000224. The molecule has 0 aliphatic carbocycles. The molecule has 0 aliphatic rings. The van der Waals surface area contributed by atoms with E-state index in [9.17, 15) is 18.0 Å². The minimum absolute atomic E-state index is 0.0982. The lowest BCUT2D eigenvalue weighted by Crippen LogP contribution is -2.14. The van der Waals surface area contributed by atoms with Crippen LogP contribution in [0, 0.1) is 0 Å². The molecule has 4 aromatic rings. The van der Waals surface area contributed by atoms with Gasteiger partial charge in [0.05, 0.1) is 24.6 Å². The van der Waals surface area contributed by atoms with Gasteiger partial charge in [0.15, 0.2) is 11.3 Å². The normalized spacial score (nSPS) is 11.5. The van der Waals surface area contributed by atoms with Gasteiger partial charge in [-0.1, -0.05) is 63.5 Å². The predicted octanol–water partition coefficient (Wildman–Crippen LogP) is 8.47. The molecule has 11 heteroatoms. The van der Waals surface area contributed by atoms with Crippen molar-refractivity contribution < 1.29 is 31.9 Å². The molecular weight excluding hydrogens is 535 g/mol. The molecule has 0 bridgehead atoms. The van der Waals surface area contributed by atoms with Crippen molar-refractivity contribution in [2.75, 3.05) is 6.54 Å². The number of imidazole rings is 1. The number of alkyl halides is 3. The third-order valence-electron chi connectivity index (χ3n) is 6.06. The van der Waals surface area contributed by atoms with E-state index in [-0.39, 0.29) is 11.3 Å². The van der Waals surface area contributed by atoms with E-state index in [1.807, 2.05) is 12.1 Å². The SMILES string of the molecule is CCCCCCCCCCNCc1ccco1.O=C(O)c1nc2c(C(F)(F)F)cc(-c3ccco3)cn2c1Cl. The van der Waals surface area contributed by atoms with Crippen LogP contribution in [0.2, 0.25) is 5.15 Å². The Morgan fingerprint density at radius 1 is 1.05 bits per heavy atom. The molecule has 2 N–H and O–H groups in total. The van der Waals surface area contributed by atoms with Gasteiger partial charge in [0.2, 0.25) is 0 Å². The zero-order valence-corrected chi connectivity index (χ0v) is 22.5. The largest absolute Gasteiger partial charge is 0.476 e. The van der Waals surface area contributed by atoms with Crippen molar-refractivity contribution in [3.8, 4) is 11.3 Å². The fourth-order valence-corrected chi connectivity index (χ4v) is 4.30. The lowest BCUT2D eigenvalue weighted by atomic mass is 10.1. The molecule has 0 amide bonds. The molecule has 0 spiro atoms. The van der Waals surface area contributed by atoms with Crippen LogP contribution in [0.4, 0.5) is 13.2 Å². The van der Waals surface area contributed by atoms with Crippen molar-refractivity contribution in [3.05, 3.63) is 71.2 Å². The Bertz CT molecular complexity index is 1290. The fraction of sp³-hybridized carbons (Fsp3) is 0.429. The Morgan fingerprint density at radius 3 is 2.31 bits per heavy atom. The van der Waals surface area contributed by atoms with Crippen LogP contribution in [0.3, 0.4) is 0 Å². The second kappa shape index (κ2) is 14.8. The maximum absolute atomic E-state index is 13.2. The van der Waals surface area contributed by atoms with Gasteiger partial charge in [0.25, 0.3) is 0 Å². The van der Waals surface area contributed by atoms with Crippen molar-refractivity contribution in [1.29, 1.82) is 0 Å². The van der Waals surface area contributed by atoms with Crippen LogP contribution in [-0.4, -0.2) is 27.0 Å². The zero-order chi connectivity index (χ0) is 28.3. The van der Waals surface area contributed by atoms with Crippen LogP contribution >= 0.6 is 11.6 Å². The quantitative estimate of drug-likeness (QED) is 0.157. The first-order chi connectivity index (χ1) is 18.7. The summed E-state index contributed by atoms with van der Waals surface area (Å²) in [6, 6.07) is 7.78. The van der Waals surface area contributed by atoms with Crippen LogP contribution in [0.15, 0.2) is 57.9 Å². The molecule has 7 nitrogen and oxygen atoms in total. The van der Waals surface area contributed by atoms with Crippen LogP contribution in [0.25, 0.3) is 17.0 Å². The van der Waals surface area contributed by atoms with Crippen LogP contribution in [0.1, 0.15) is 80.1 Å². The number of hydrogen-bond acceptors (Lipinski definition) is 5. The summed E-state index contributed by atoms with van der Waals surface area (Å²) in [5.74, 6) is -0.292. The second-order valence-corrected chi connectivity index (χ2v) is 9.46. The highest BCUT2D eigenvalue weighted by Crippen LogP contribution is 2.37. The summed E-state index contributed by atoms with van der Waals surface area (Å²) in [7, 11) is 0. The number of pyridine rings is 1. The van der Waals surface area contributed by atoms with Gasteiger partial charge >= 0.3 is 12.1 Å². The number of nitrogens with one attached hydrogen (secondary N) is 1. The highest BCUT2D eigenvalue weighted by atomic mass is 35.5. The van der Waals surface area contributed by atoms with Crippen molar-refractivity contribution in [1.82, 2.24) is 14.7 Å². The molecule has 4 aromatic heterocycles. The number of carbonyl (C=O) groups is 1. The van der Waals surface area contributed by atoms with Gasteiger partial charge < -0.3 is 19.3 Å². The molecular formula is C28H33ClF3N3O4. The Morgan fingerprint density at radius 2 is 1.72 bits per heavy atom. The molecule has 0 radical (unpaired) electrons. The van der Waals surface area contributed by atoms with Crippen molar-refractivity contribution >= 4 is 23.2 Å². The van der Waals surface area contributed by atoms with Gasteiger partial charge in [-0.2, -0.15) is 13.2 Å². The zero-order valence-electron chi connectivity index (χ0n) is 21.8. The van der Waals surface area contributed by atoms with Gasteiger partial charge in [-0.25, -0.2) is 9.78 Å². The number of nitrogens with zero attached hydrogens (tertiary/aromatic N) is 2. The van der Waals surface area contributed by atoms with E-state index in [0.717, 1.165) is 29.3 Å². The van der Waals surface area contributed by atoms with Crippen molar-refractivity contribution in [3.63, 3.8) is 0 Å². The molecule has 0 saturated carbocycles. The maximum Gasteiger partial charge on any atom is 0.420 e. The number of halogens is 4. The molecule has 0 unspecified atom stereocenters. The first-order valence-corrected chi connectivity index (χ1v) is 13.4. The number of aromatic nitrogens is 2. The highest BCUT2D eigenvalue weighted by molar-refractivity contribution is 6.32. The van der Waals surface area contributed by atoms with E-state index < -0.39 is 34.2 Å². The monoisotopic (exact) mass is 567 g/mol. The predicted molar refractivity (Wildman–Crippen MR) is 143 cm³/mol. The number of furan rings is 2. The molecule has 4 heterocycles. The van der Waals surface area contributed by atoms with Crippen LogP contribution < -0.4 is 5.32 Å². The first kappa shape index (κ1) is 30.3. The molecule has 0 aliphatic heterocycles. The number of unbranched alkanes of at least 4 members (excludes halogenated alkanes) is 7. The highest BCUT2D eigenvalue weighted by Gasteiger charge is 2.36. The van der Waals surface area contributed by atoms with Crippen LogP contribution in [0.5, 0.6) is 0 Å². The summed E-state index contributed by atoms with van der Waals surface area (Å²) in [6.45, 7) is 4.24. The Hall–Kier alpha value is -3.24. The van der Waals surface area contributed by atoms with Crippen LogP contribution in [-0.2, 0) is 12.7 Å². The molecule has 0 aromatic carbocycles. The van der Waals surface area contributed by atoms with E-state index in [1.54, 1.807) is 6.26 Å². The molecule has 0 atom stereocenters. The van der Waals surface area contributed by atoms with Crippen molar-refractivity contribution in [2.24, 2.45) is 0 Å². The average molecular weight is 568 g/mol. The minimum Gasteiger partial charge on any atom is -0.476 e. The van der Waals surface area contributed by atoms with E-state index in [1.165, 1.54) is 76.0 Å². The second-order valence-electron chi connectivity index (χ2n) is 9.10. The minimum atomic E-state index is -4.73. The number of hydrogen-bond donors (Lipinski definition) is 2. The summed E-state index contributed by atoms with van der Waals surface area (Å²) >= 11 is 5.83. The van der Waals surface area contributed by atoms with E-state index in [2.05, 4.69) is 17.2 Å². The standard InChI is InChI=1S/C15H27NO.C13H6ClF3N2O3/c1-2-3-4-5-6-7-8-9-12-16-14-15-11-10-13-17-15;14-10-9(12(20)21)18-11-7(13(15,16)17)4-6(5-19(10)11)8-2-1-3-22-8/h10-11,13,16H,2-9,12,14H2,1H3;1-5H,(H,20,21). The lowest BCUT2D eigenvalue weighted by molar-refractivity contribution is -0.136. The Kier molecular flexibility index (Phi) is 11.5. The first-order valence-electron chi connectivity index (χ1n) is 13.0. The topological polar surface area (TPSA) is 92.9 Å². The fourth-order valence-electron chi connectivity index (χ4n) is 4.05. The van der Waals surface area contributed by atoms with Gasteiger partial charge in [-0.05, 0) is 43.3 Å². The van der Waals surface area contributed by atoms with E-state index >= 15 is 0 Å². The third-order valence-corrected chi connectivity index (χ3v) is 6.42. The van der Waals surface area contributed by atoms with Gasteiger partial charge in [-0.15, -0.1) is 0 Å². The Labute approximate surface area is 230 Å². The maximum atomic E-state index is 13.2. The molecule has 0 fully saturated rings. The van der Waals surface area contributed by atoms with Gasteiger partial charge in [0.1, 0.15) is 16.7 Å².